The minimum atomic E-state index is -0.251. The van der Waals surface area contributed by atoms with E-state index in [1.807, 2.05) is 19.1 Å². The van der Waals surface area contributed by atoms with Crippen LogP contribution in [0.4, 0.5) is 0 Å². The van der Waals surface area contributed by atoms with Crippen LogP contribution in [0, 0.1) is 0 Å². The van der Waals surface area contributed by atoms with Crippen LogP contribution in [-0.4, -0.2) is 27.6 Å². The van der Waals surface area contributed by atoms with E-state index in [9.17, 15) is 4.79 Å². The van der Waals surface area contributed by atoms with Gasteiger partial charge >= 0.3 is 0 Å². The van der Waals surface area contributed by atoms with Crippen molar-refractivity contribution < 1.29 is 13.9 Å². The average molecular weight is 408 g/mol. The lowest BCUT2D eigenvalue weighted by Gasteiger charge is -2.16. The Morgan fingerprint density at radius 2 is 2.00 bits per heavy atom. The molecule has 0 atom stereocenters. The molecule has 2 aromatic heterocycles. The van der Waals surface area contributed by atoms with Crippen molar-refractivity contribution in [3.63, 3.8) is 0 Å². The molecule has 1 amide bonds. The van der Waals surface area contributed by atoms with E-state index in [-0.39, 0.29) is 18.3 Å². The van der Waals surface area contributed by atoms with E-state index in [1.54, 1.807) is 42.2 Å². The minimum absolute atomic E-state index is 0.176. The van der Waals surface area contributed by atoms with Crippen LogP contribution in [0.3, 0.4) is 0 Å². The molecule has 0 spiro atoms. The predicted molar refractivity (Wildman–Crippen MR) is 103 cm³/mol. The third kappa shape index (κ3) is 4.46. The van der Waals surface area contributed by atoms with Crippen molar-refractivity contribution in [2.75, 3.05) is 7.05 Å². The van der Waals surface area contributed by atoms with Crippen LogP contribution in [-0.2, 0) is 19.7 Å². The first kappa shape index (κ1) is 19.3. The molecule has 1 aromatic carbocycles. The van der Waals surface area contributed by atoms with Gasteiger partial charge in [0.25, 0.3) is 5.91 Å². The maximum Gasteiger partial charge on any atom is 0.289 e. The summed E-state index contributed by atoms with van der Waals surface area (Å²) in [7, 11) is 1.69. The zero-order valence-electron chi connectivity index (χ0n) is 15.0. The normalized spacial score (nSPS) is 10.8. The Kier molecular flexibility index (Phi) is 6.08. The minimum Gasteiger partial charge on any atom is -0.484 e. The third-order valence-corrected chi connectivity index (χ3v) is 4.64. The van der Waals surface area contributed by atoms with Gasteiger partial charge in [-0.2, -0.15) is 5.10 Å². The summed E-state index contributed by atoms with van der Waals surface area (Å²) >= 11 is 12.2. The molecule has 0 aliphatic heterocycles. The van der Waals surface area contributed by atoms with Crippen molar-refractivity contribution in [1.29, 1.82) is 0 Å². The molecule has 8 heteroatoms. The summed E-state index contributed by atoms with van der Waals surface area (Å²) in [5, 5.41) is 5.23. The van der Waals surface area contributed by atoms with E-state index in [4.69, 9.17) is 32.4 Å². The fourth-order valence-electron chi connectivity index (χ4n) is 2.58. The number of aromatic nitrogens is 2. The molecule has 0 bridgehead atoms. The van der Waals surface area contributed by atoms with Gasteiger partial charge in [-0.05, 0) is 31.2 Å². The summed E-state index contributed by atoms with van der Waals surface area (Å²) < 4.78 is 13.0. The molecule has 27 heavy (non-hydrogen) atoms. The maximum absolute atomic E-state index is 12.6. The lowest BCUT2D eigenvalue weighted by molar-refractivity contribution is 0.0745. The molecule has 2 heterocycles. The SMILES string of the molecule is CCn1ncc(Cl)c1CN(C)C(=O)c1ccc(COc2ccccc2Cl)o1. The molecule has 3 aromatic rings. The number of rotatable bonds is 7. The molecule has 0 radical (unpaired) electrons. The molecule has 142 valence electrons. The van der Waals surface area contributed by atoms with Crippen LogP contribution in [0.5, 0.6) is 5.75 Å². The number of carbonyl (C=O) groups is 1. The number of furan rings is 1. The summed E-state index contributed by atoms with van der Waals surface area (Å²) in [6.07, 6.45) is 1.58. The first-order valence-electron chi connectivity index (χ1n) is 8.41. The van der Waals surface area contributed by atoms with E-state index in [0.717, 1.165) is 5.69 Å². The van der Waals surface area contributed by atoms with Crippen molar-refractivity contribution in [3.8, 4) is 5.75 Å². The maximum atomic E-state index is 12.6. The highest BCUT2D eigenvalue weighted by molar-refractivity contribution is 6.32. The van der Waals surface area contributed by atoms with Crippen molar-refractivity contribution >= 4 is 29.1 Å². The molecule has 0 unspecified atom stereocenters. The largest absolute Gasteiger partial charge is 0.484 e. The van der Waals surface area contributed by atoms with Gasteiger partial charge in [-0.15, -0.1) is 0 Å². The number of hydrogen-bond donors (Lipinski definition) is 0. The number of hydrogen-bond acceptors (Lipinski definition) is 4. The number of benzene rings is 1. The van der Waals surface area contributed by atoms with Crippen LogP contribution in [0.1, 0.15) is 28.9 Å². The highest BCUT2D eigenvalue weighted by atomic mass is 35.5. The van der Waals surface area contributed by atoms with Gasteiger partial charge in [0, 0.05) is 13.6 Å². The number of para-hydroxylation sites is 1. The third-order valence-electron chi connectivity index (χ3n) is 4.01. The molecule has 3 rings (SSSR count). The van der Waals surface area contributed by atoms with Gasteiger partial charge in [-0.1, -0.05) is 35.3 Å². The molecule has 0 fully saturated rings. The van der Waals surface area contributed by atoms with E-state index >= 15 is 0 Å². The smallest absolute Gasteiger partial charge is 0.289 e. The van der Waals surface area contributed by atoms with E-state index in [0.29, 0.717) is 34.6 Å². The Morgan fingerprint density at radius 1 is 1.22 bits per heavy atom. The Morgan fingerprint density at radius 3 is 2.74 bits per heavy atom. The van der Waals surface area contributed by atoms with Gasteiger partial charge in [0.05, 0.1) is 28.5 Å². The summed E-state index contributed by atoms with van der Waals surface area (Å²) in [6, 6.07) is 10.5. The number of ether oxygens (including phenoxy) is 1. The van der Waals surface area contributed by atoms with E-state index in [2.05, 4.69) is 5.10 Å². The van der Waals surface area contributed by atoms with Crippen LogP contribution >= 0.6 is 23.2 Å². The fraction of sp³-hybridized carbons (Fsp3) is 0.263. The topological polar surface area (TPSA) is 60.5 Å². The summed E-state index contributed by atoms with van der Waals surface area (Å²) in [5.74, 6) is 1.07. The Hall–Kier alpha value is -2.44. The molecule has 6 nitrogen and oxygen atoms in total. The number of amides is 1. The Labute approximate surface area is 167 Å². The molecular formula is C19H19Cl2N3O3. The molecule has 0 N–H and O–H groups in total. The standard InChI is InChI=1S/C19H19Cl2N3O3/c1-3-24-16(15(21)10-22-24)11-23(2)19(25)18-9-8-13(27-18)12-26-17-7-5-4-6-14(17)20/h4-10H,3,11-12H2,1-2H3. The summed E-state index contributed by atoms with van der Waals surface area (Å²) in [5.41, 5.74) is 0.781. The van der Waals surface area contributed by atoms with Gasteiger partial charge in [0.15, 0.2) is 5.76 Å². The van der Waals surface area contributed by atoms with Gasteiger partial charge < -0.3 is 14.1 Å². The molecule has 0 saturated carbocycles. The van der Waals surface area contributed by atoms with E-state index < -0.39 is 0 Å². The lowest BCUT2D eigenvalue weighted by Crippen LogP contribution is -2.27. The van der Waals surface area contributed by atoms with Crippen molar-refractivity contribution in [3.05, 3.63) is 69.9 Å². The first-order chi connectivity index (χ1) is 13.0. The van der Waals surface area contributed by atoms with Crippen LogP contribution in [0.2, 0.25) is 10.0 Å². The van der Waals surface area contributed by atoms with Crippen LogP contribution in [0.15, 0.2) is 47.0 Å². The summed E-state index contributed by atoms with van der Waals surface area (Å²) in [6.45, 7) is 3.15. The molecule has 0 aliphatic rings. The van der Waals surface area contributed by atoms with Crippen LogP contribution < -0.4 is 4.74 Å². The second-order valence-electron chi connectivity index (χ2n) is 5.90. The zero-order chi connectivity index (χ0) is 19.4. The monoisotopic (exact) mass is 407 g/mol. The second-order valence-corrected chi connectivity index (χ2v) is 6.72. The van der Waals surface area contributed by atoms with Gasteiger partial charge in [-0.3, -0.25) is 9.48 Å². The molecular weight excluding hydrogens is 389 g/mol. The highest BCUT2D eigenvalue weighted by Crippen LogP contribution is 2.24. The van der Waals surface area contributed by atoms with Crippen molar-refractivity contribution in [2.24, 2.45) is 0 Å². The molecule has 0 aliphatic carbocycles. The number of aryl methyl sites for hydroxylation is 1. The molecule has 0 saturated heterocycles. The summed E-state index contributed by atoms with van der Waals surface area (Å²) in [4.78, 5) is 14.2. The number of nitrogens with zero attached hydrogens (tertiary/aromatic N) is 3. The Bertz CT molecular complexity index is 936. The lowest BCUT2D eigenvalue weighted by atomic mass is 10.3. The van der Waals surface area contributed by atoms with Crippen molar-refractivity contribution in [2.45, 2.75) is 26.6 Å². The van der Waals surface area contributed by atoms with Gasteiger partial charge in [0.2, 0.25) is 0 Å². The van der Waals surface area contributed by atoms with E-state index in [1.165, 1.54) is 4.90 Å². The quantitative estimate of drug-likeness (QED) is 0.571. The van der Waals surface area contributed by atoms with Crippen LogP contribution in [0.25, 0.3) is 0 Å². The zero-order valence-corrected chi connectivity index (χ0v) is 16.5. The van der Waals surface area contributed by atoms with Gasteiger partial charge in [-0.25, -0.2) is 0 Å². The first-order valence-corrected chi connectivity index (χ1v) is 9.17. The number of carbonyl (C=O) groups excluding carboxylic acids is 1. The highest BCUT2D eigenvalue weighted by Gasteiger charge is 2.19. The van der Waals surface area contributed by atoms with Crippen molar-refractivity contribution in [1.82, 2.24) is 14.7 Å². The number of halogens is 2. The Balaban J connectivity index is 1.64. The van der Waals surface area contributed by atoms with Gasteiger partial charge in [0.1, 0.15) is 18.1 Å². The average Bonchev–Trinajstić information content (AvgIpc) is 3.27. The fourth-order valence-corrected chi connectivity index (χ4v) is 2.97. The second kappa shape index (κ2) is 8.50. The predicted octanol–water partition coefficient (Wildman–Crippen LogP) is 4.65.